The lowest BCUT2D eigenvalue weighted by atomic mass is 10.1. The van der Waals surface area contributed by atoms with E-state index >= 15 is 0 Å². The second-order valence-corrected chi connectivity index (χ2v) is 4.53. The topological polar surface area (TPSA) is 75.2 Å². The van der Waals surface area contributed by atoms with E-state index in [2.05, 4.69) is 9.97 Å². The number of hydrogen-bond acceptors (Lipinski definition) is 4. The number of ether oxygens (including phenoxy) is 1. The summed E-state index contributed by atoms with van der Waals surface area (Å²) in [6, 6.07) is 7.61. The Balaban J connectivity index is 2.10. The third-order valence-corrected chi connectivity index (χ3v) is 2.50. The maximum atomic E-state index is 11.2. The Hall–Kier alpha value is -2.30. The van der Waals surface area contributed by atoms with Crippen LogP contribution in [0.15, 0.2) is 35.3 Å². The van der Waals surface area contributed by atoms with Crippen LogP contribution in [0.5, 0.6) is 11.5 Å². The second kappa shape index (κ2) is 5.56. The number of aromatic nitrogens is 2. The number of benzene rings is 1. The van der Waals surface area contributed by atoms with E-state index in [9.17, 15) is 4.79 Å². The van der Waals surface area contributed by atoms with E-state index in [-0.39, 0.29) is 11.9 Å². The molecule has 0 spiro atoms. The van der Waals surface area contributed by atoms with Crippen LogP contribution in [0.1, 0.15) is 25.2 Å². The number of nitrogens with one attached hydrogen (secondary N) is 1. The Bertz CT molecular complexity index is 603. The highest BCUT2D eigenvalue weighted by atomic mass is 16.5. The van der Waals surface area contributed by atoms with Gasteiger partial charge in [0.25, 0.3) is 5.56 Å². The van der Waals surface area contributed by atoms with Crippen LogP contribution in [-0.4, -0.2) is 21.2 Å². The van der Waals surface area contributed by atoms with Crippen LogP contribution in [0.2, 0.25) is 0 Å². The van der Waals surface area contributed by atoms with Crippen LogP contribution in [-0.2, 0) is 6.42 Å². The minimum atomic E-state index is -0.523. The van der Waals surface area contributed by atoms with Crippen molar-refractivity contribution in [1.82, 2.24) is 9.97 Å². The first-order valence-corrected chi connectivity index (χ1v) is 6.07. The molecule has 0 atom stereocenters. The first-order chi connectivity index (χ1) is 9.04. The summed E-state index contributed by atoms with van der Waals surface area (Å²) in [5.74, 6) is 0.954. The highest BCUT2D eigenvalue weighted by molar-refractivity contribution is 5.29. The molecule has 0 fully saturated rings. The Morgan fingerprint density at radius 1 is 1.32 bits per heavy atom. The van der Waals surface area contributed by atoms with Gasteiger partial charge in [0.1, 0.15) is 11.6 Å². The van der Waals surface area contributed by atoms with Crippen LogP contribution in [0.25, 0.3) is 0 Å². The average Bonchev–Trinajstić information content (AvgIpc) is 2.36. The van der Waals surface area contributed by atoms with Gasteiger partial charge in [-0.3, -0.25) is 4.79 Å². The van der Waals surface area contributed by atoms with E-state index in [1.165, 1.54) is 0 Å². The molecule has 2 rings (SSSR count). The van der Waals surface area contributed by atoms with Gasteiger partial charge in [0.15, 0.2) is 5.75 Å². The normalized spacial score (nSPS) is 10.7. The molecule has 2 aromatic rings. The SMILES string of the molecule is CC(C)Oc1ccc(Cc2ncc(O)c(=O)[nH]2)cc1. The highest BCUT2D eigenvalue weighted by Gasteiger charge is 2.03. The minimum Gasteiger partial charge on any atom is -0.502 e. The Kier molecular flexibility index (Phi) is 3.85. The summed E-state index contributed by atoms with van der Waals surface area (Å²) in [5.41, 5.74) is 0.481. The standard InChI is InChI=1S/C14H16N2O3/c1-9(2)19-11-5-3-10(4-6-11)7-13-15-8-12(17)14(18)16-13/h3-6,8-9,17H,7H2,1-2H3,(H,15,16,18). The van der Waals surface area contributed by atoms with Crippen molar-refractivity contribution in [3.63, 3.8) is 0 Å². The van der Waals surface area contributed by atoms with E-state index in [4.69, 9.17) is 9.84 Å². The first-order valence-electron chi connectivity index (χ1n) is 6.07. The molecule has 0 radical (unpaired) electrons. The summed E-state index contributed by atoms with van der Waals surface area (Å²) in [5, 5.41) is 9.11. The van der Waals surface area contributed by atoms with Crippen molar-refractivity contribution >= 4 is 0 Å². The first kappa shape index (κ1) is 13.1. The van der Waals surface area contributed by atoms with E-state index < -0.39 is 5.56 Å². The molecule has 19 heavy (non-hydrogen) atoms. The number of nitrogens with zero attached hydrogens (tertiary/aromatic N) is 1. The van der Waals surface area contributed by atoms with Crippen molar-refractivity contribution in [2.45, 2.75) is 26.4 Å². The molecule has 5 heteroatoms. The van der Waals surface area contributed by atoms with E-state index in [0.717, 1.165) is 17.5 Å². The average molecular weight is 260 g/mol. The number of aromatic amines is 1. The van der Waals surface area contributed by atoms with Crippen molar-refractivity contribution in [2.75, 3.05) is 0 Å². The predicted molar refractivity (Wildman–Crippen MR) is 71.5 cm³/mol. The molecule has 0 aliphatic carbocycles. The van der Waals surface area contributed by atoms with Gasteiger partial charge in [0.2, 0.25) is 0 Å². The van der Waals surface area contributed by atoms with E-state index in [1.54, 1.807) is 0 Å². The van der Waals surface area contributed by atoms with Gasteiger partial charge in [-0.15, -0.1) is 0 Å². The Morgan fingerprint density at radius 3 is 2.58 bits per heavy atom. The lowest BCUT2D eigenvalue weighted by Gasteiger charge is -2.09. The summed E-state index contributed by atoms with van der Waals surface area (Å²) in [6.45, 7) is 3.94. The zero-order valence-electron chi connectivity index (χ0n) is 10.9. The van der Waals surface area contributed by atoms with E-state index in [1.807, 2.05) is 38.1 Å². The minimum absolute atomic E-state index is 0.140. The number of H-pyrrole nitrogens is 1. The molecule has 0 unspecified atom stereocenters. The lowest BCUT2D eigenvalue weighted by molar-refractivity contribution is 0.242. The summed E-state index contributed by atoms with van der Waals surface area (Å²) < 4.78 is 5.55. The van der Waals surface area contributed by atoms with Gasteiger partial charge < -0.3 is 14.8 Å². The van der Waals surface area contributed by atoms with Crippen molar-refractivity contribution < 1.29 is 9.84 Å². The van der Waals surface area contributed by atoms with Gasteiger partial charge in [0, 0.05) is 6.42 Å². The molecular formula is C14H16N2O3. The van der Waals surface area contributed by atoms with Gasteiger partial charge >= 0.3 is 0 Å². The maximum absolute atomic E-state index is 11.2. The van der Waals surface area contributed by atoms with Gasteiger partial charge in [-0.05, 0) is 31.5 Å². The maximum Gasteiger partial charge on any atom is 0.293 e. The van der Waals surface area contributed by atoms with Crippen molar-refractivity contribution in [3.8, 4) is 11.5 Å². The van der Waals surface area contributed by atoms with Gasteiger partial charge in [-0.25, -0.2) is 4.98 Å². The number of rotatable bonds is 4. The third-order valence-electron chi connectivity index (χ3n) is 2.50. The van der Waals surface area contributed by atoms with Crippen molar-refractivity contribution in [3.05, 3.63) is 52.2 Å². The summed E-state index contributed by atoms with van der Waals surface area (Å²) in [4.78, 5) is 17.7. The van der Waals surface area contributed by atoms with Gasteiger partial charge in [-0.1, -0.05) is 12.1 Å². The molecule has 1 aromatic carbocycles. The van der Waals surface area contributed by atoms with Crippen LogP contribution >= 0.6 is 0 Å². The molecule has 1 aromatic heterocycles. The molecule has 0 saturated heterocycles. The molecule has 0 saturated carbocycles. The largest absolute Gasteiger partial charge is 0.502 e. The predicted octanol–water partition coefficient (Wildman–Crippen LogP) is 1.85. The number of hydrogen-bond donors (Lipinski definition) is 2. The zero-order chi connectivity index (χ0) is 13.8. The van der Waals surface area contributed by atoms with Crippen LogP contribution < -0.4 is 10.3 Å². The van der Waals surface area contributed by atoms with Crippen LogP contribution in [0.3, 0.4) is 0 Å². The molecule has 0 aliphatic heterocycles. The van der Waals surface area contributed by atoms with Gasteiger partial charge in [-0.2, -0.15) is 0 Å². The summed E-state index contributed by atoms with van der Waals surface area (Å²) in [7, 11) is 0. The fraction of sp³-hybridized carbons (Fsp3) is 0.286. The molecule has 2 N–H and O–H groups in total. The third kappa shape index (κ3) is 3.58. The Morgan fingerprint density at radius 2 is 2.00 bits per heavy atom. The van der Waals surface area contributed by atoms with Crippen molar-refractivity contribution in [1.29, 1.82) is 0 Å². The molecule has 5 nitrogen and oxygen atoms in total. The van der Waals surface area contributed by atoms with Crippen LogP contribution in [0, 0.1) is 0 Å². The second-order valence-electron chi connectivity index (χ2n) is 4.53. The van der Waals surface area contributed by atoms with Gasteiger partial charge in [0.05, 0.1) is 12.3 Å². The molecular weight excluding hydrogens is 244 g/mol. The molecule has 1 heterocycles. The van der Waals surface area contributed by atoms with Crippen LogP contribution in [0.4, 0.5) is 0 Å². The quantitative estimate of drug-likeness (QED) is 0.879. The van der Waals surface area contributed by atoms with Crippen molar-refractivity contribution in [2.24, 2.45) is 0 Å². The molecule has 0 bridgehead atoms. The number of aromatic hydroxyl groups is 1. The lowest BCUT2D eigenvalue weighted by Crippen LogP contribution is -2.10. The molecule has 0 amide bonds. The zero-order valence-corrected chi connectivity index (χ0v) is 10.9. The fourth-order valence-corrected chi connectivity index (χ4v) is 1.67. The molecule has 0 aliphatic rings. The smallest absolute Gasteiger partial charge is 0.293 e. The Labute approximate surface area is 110 Å². The fourth-order valence-electron chi connectivity index (χ4n) is 1.67. The summed E-state index contributed by atoms with van der Waals surface area (Å²) in [6.07, 6.45) is 1.79. The summed E-state index contributed by atoms with van der Waals surface area (Å²) >= 11 is 0. The highest BCUT2D eigenvalue weighted by Crippen LogP contribution is 2.15. The monoisotopic (exact) mass is 260 g/mol. The molecule has 100 valence electrons. The van der Waals surface area contributed by atoms with E-state index in [0.29, 0.717) is 12.2 Å².